The largest absolute Gasteiger partial charge is 0.396 e. The Morgan fingerprint density at radius 3 is 2.77 bits per heavy atom. The van der Waals surface area contributed by atoms with Crippen LogP contribution in [0.1, 0.15) is 32.1 Å². The summed E-state index contributed by atoms with van der Waals surface area (Å²) in [5, 5.41) is 9.24. The number of likely N-dealkylation sites (tertiary alicyclic amines) is 1. The van der Waals surface area contributed by atoms with E-state index in [9.17, 15) is 5.11 Å². The summed E-state index contributed by atoms with van der Waals surface area (Å²) in [6.45, 7) is 2.94. The van der Waals surface area contributed by atoms with E-state index in [4.69, 9.17) is 0 Å². The molecule has 0 aromatic heterocycles. The van der Waals surface area contributed by atoms with Gasteiger partial charge in [-0.05, 0) is 57.0 Å². The van der Waals surface area contributed by atoms with Crippen molar-refractivity contribution in [1.82, 2.24) is 4.90 Å². The third kappa shape index (κ3) is 2.23. The molecule has 1 heterocycles. The van der Waals surface area contributed by atoms with Crippen LogP contribution in [-0.4, -0.2) is 36.8 Å². The molecular weight excluding hydrogens is 162 g/mol. The lowest BCUT2D eigenvalue weighted by atomic mass is 9.87. The molecule has 1 atom stereocenters. The van der Waals surface area contributed by atoms with Gasteiger partial charge in [0.2, 0.25) is 0 Å². The lowest BCUT2D eigenvalue weighted by Crippen LogP contribution is -2.33. The first kappa shape index (κ1) is 9.47. The molecule has 1 unspecified atom stereocenters. The average Bonchev–Trinajstić information content (AvgIpc) is 2.86. The minimum Gasteiger partial charge on any atom is -0.396 e. The summed E-state index contributed by atoms with van der Waals surface area (Å²) in [7, 11) is 2.21. The maximum Gasteiger partial charge on any atom is 0.0487 e. The number of aliphatic hydroxyl groups excluding tert-OH is 1. The first-order valence-electron chi connectivity index (χ1n) is 5.53. The highest BCUT2D eigenvalue weighted by atomic mass is 16.3. The Hall–Kier alpha value is -0.0800. The number of hydrogen-bond acceptors (Lipinski definition) is 2. The average molecular weight is 183 g/mol. The standard InChI is InChI=1S/C11H21NO/c1-12-6-2-3-10(8-12)7-11(9-13)4-5-11/h10,13H,2-9H2,1H3. The number of aliphatic hydroxyl groups is 1. The van der Waals surface area contributed by atoms with Crippen LogP contribution < -0.4 is 0 Å². The van der Waals surface area contributed by atoms with Crippen molar-refractivity contribution in [2.24, 2.45) is 11.3 Å². The van der Waals surface area contributed by atoms with Crippen molar-refractivity contribution in [2.75, 3.05) is 26.7 Å². The van der Waals surface area contributed by atoms with Crippen LogP contribution in [0.15, 0.2) is 0 Å². The molecule has 0 bridgehead atoms. The highest BCUT2D eigenvalue weighted by molar-refractivity contribution is 4.94. The summed E-state index contributed by atoms with van der Waals surface area (Å²) in [6.07, 6.45) is 6.54. The van der Waals surface area contributed by atoms with Crippen LogP contribution in [0.5, 0.6) is 0 Å². The Balaban J connectivity index is 1.80. The van der Waals surface area contributed by atoms with Gasteiger partial charge in [-0.3, -0.25) is 0 Å². The van der Waals surface area contributed by atoms with Gasteiger partial charge in [0.25, 0.3) is 0 Å². The second-order valence-electron chi connectivity index (χ2n) is 5.13. The topological polar surface area (TPSA) is 23.5 Å². The van der Waals surface area contributed by atoms with Crippen molar-refractivity contribution >= 4 is 0 Å². The fourth-order valence-electron chi connectivity index (χ4n) is 2.66. The monoisotopic (exact) mass is 183 g/mol. The molecule has 2 rings (SSSR count). The van der Waals surface area contributed by atoms with Crippen LogP contribution >= 0.6 is 0 Å². The van der Waals surface area contributed by atoms with Crippen LogP contribution in [0.3, 0.4) is 0 Å². The van der Waals surface area contributed by atoms with Gasteiger partial charge in [-0.1, -0.05) is 0 Å². The van der Waals surface area contributed by atoms with E-state index >= 15 is 0 Å². The summed E-state index contributed by atoms with van der Waals surface area (Å²) in [5.41, 5.74) is 0.364. The second-order valence-corrected chi connectivity index (χ2v) is 5.13. The molecule has 1 N–H and O–H groups in total. The van der Waals surface area contributed by atoms with Gasteiger partial charge in [0.05, 0.1) is 0 Å². The predicted molar refractivity (Wildman–Crippen MR) is 53.6 cm³/mol. The number of hydrogen-bond donors (Lipinski definition) is 1. The Labute approximate surface area is 80.9 Å². The molecule has 13 heavy (non-hydrogen) atoms. The zero-order valence-corrected chi connectivity index (χ0v) is 8.63. The van der Waals surface area contributed by atoms with Gasteiger partial charge >= 0.3 is 0 Å². The molecule has 0 radical (unpaired) electrons. The van der Waals surface area contributed by atoms with Gasteiger partial charge in [0, 0.05) is 13.2 Å². The van der Waals surface area contributed by atoms with Crippen molar-refractivity contribution in [2.45, 2.75) is 32.1 Å². The third-order valence-corrected chi connectivity index (χ3v) is 3.74. The third-order valence-electron chi connectivity index (χ3n) is 3.74. The van der Waals surface area contributed by atoms with E-state index in [0.717, 1.165) is 5.92 Å². The lowest BCUT2D eigenvalue weighted by Gasteiger charge is -2.31. The minimum atomic E-state index is 0.364. The van der Waals surface area contributed by atoms with E-state index in [0.29, 0.717) is 12.0 Å². The van der Waals surface area contributed by atoms with Gasteiger partial charge in [-0.25, -0.2) is 0 Å². The second kappa shape index (κ2) is 3.58. The van der Waals surface area contributed by atoms with Gasteiger partial charge in [0.15, 0.2) is 0 Å². The Morgan fingerprint density at radius 1 is 1.46 bits per heavy atom. The van der Waals surface area contributed by atoms with Crippen LogP contribution in [-0.2, 0) is 0 Å². The predicted octanol–water partition coefficient (Wildman–Crippen LogP) is 1.49. The summed E-state index contributed by atoms with van der Waals surface area (Å²) >= 11 is 0. The minimum absolute atomic E-state index is 0.364. The fraction of sp³-hybridized carbons (Fsp3) is 1.00. The molecule has 2 aliphatic rings. The molecule has 2 nitrogen and oxygen atoms in total. The van der Waals surface area contributed by atoms with E-state index in [2.05, 4.69) is 11.9 Å². The molecule has 0 aromatic carbocycles. The summed E-state index contributed by atoms with van der Waals surface area (Å²) in [4.78, 5) is 2.43. The first-order chi connectivity index (χ1) is 6.24. The molecule has 1 aliphatic carbocycles. The molecular formula is C11H21NO. The normalized spacial score (nSPS) is 33.2. The van der Waals surface area contributed by atoms with E-state index in [1.165, 1.54) is 45.2 Å². The Morgan fingerprint density at radius 2 is 2.23 bits per heavy atom. The number of nitrogens with zero attached hydrogens (tertiary/aromatic N) is 1. The SMILES string of the molecule is CN1CCCC(CC2(CO)CC2)C1. The summed E-state index contributed by atoms with van der Waals surface area (Å²) in [5.74, 6) is 0.855. The maximum absolute atomic E-state index is 9.24. The Bertz CT molecular complexity index is 177. The summed E-state index contributed by atoms with van der Waals surface area (Å²) in [6, 6.07) is 0. The van der Waals surface area contributed by atoms with Crippen LogP contribution in [0.2, 0.25) is 0 Å². The molecule has 0 aromatic rings. The van der Waals surface area contributed by atoms with E-state index in [1.807, 2.05) is 0 Å². The molecule has 76 valence electrons. The highest BCUT2D eigenvalue weighted by Gasteiger charge is 2.43. The molecule has 0 spiro atoms. The van der Waals surface area contributed by atoms with Crippen LogP contribution in [0, 0.1) is 11.3 Å². The van der Waals surface area contributed by atoms with Gasteiger partial charge < -0.3 is 10.0 Å². The van der Waals surface area contributed by atoms with Crippen LogP contribution in [0.4, 0.5) is 0 Å². The molecule has 2 fully saturated rings. The van der Waals surface area contributed by atoms with Crippen molar-refractivity contribution in [3.05, 3.63) is 0 Å². The molecule has 1 saturated heterocycles. The quantitative estimate of drug-likeness (QED) is 0.716. The zero-order chi connectivity index (χ0) is 9.31. The van der Waals surface area contributed by atoms with Crippen LogP contribution in [0.25, 0.3) is 0 Å². The molecule has 1 aliphatic heterocycles. The van der Waals surface area contributed by atoms with Crippen molar-refractivity contribution in [3.63, 3.8) is 0 Å². The molecule has 1 saturated carbocycles. The lowest BCUT2D eigenvalue weighted by molar-refractivity contribution is 0.140. The Kier molecular flexibility index (Phi) is 2.61. The van der Waals surface area contributed by atoms with Gasteiger partial charge in [-0.2, -0.15) is 0 Å². The van der Waals surface area contributed by atoms with E-state index < -0.39 is 0 Å². The van der Waals surface area contributed by atoms with Crippen molar-refractivity contribution in [1.29, 1.82) is 0 Å². The van der Waals surface area contributed by atoms with Crippen molar-refractivity contribution in [3.8, 4) is 0 Å². The van der Waals surface area contributed by atoms with Crippen molar-refractivity contribution < 1.29 is 5.11 Å². The number of piperidine rings is 1. The smallest absolute Gasteiger partial charge is 0.0487 e. The van der Waals surface area contributed by atoms with E-state index in [1.54, 1.807) is 0 Å². The molecule has 2 heteroatoms. The highest BCUT2D eigenvalue weighted by Crippen LogP contribution is 2.51. The zero-order valence-electron chi connectivity index (χ0n) is 8.63. The first-order valence-corrected chi connectivity index (χ1v) is 5.53. The maximum atomic E-state index is 9.24. The van der Waals surface area contributed by atoms with E-state index in [-0.39, 0.29) is 0 Å². The van der Waals surface area contributed by atoms with Gasteiger partial charge in [-0.15, -0.1) is 0 Å². The fourth-order valence-corrected chi connectivity index (χ4v) is 2.66. The summed E-state index contributed by atoms with van der Waals surface area (Å²) < 4.78 is 0. The van der Waals surface area contributed by atoms with Gasteiger partial charge in [0.1, 0.15) is 0 Å². The molecule has 0 amide bonds. The number of rotatable bonds is 3.